The number of hydrogen-bond donors (Lipinski definition) is 3. The summed E-state index contributed by atoms with van der Waals surface area (Å²) in [7, 11) is 0. The minimum absolute atomic E-state index is 0.175. The third-order valence-corrected chi connectivity index (χ3v) is 8.26. The van der Waals surface area contributed by atoms with Crippen LogP contribution in [0.1, 0.15) is 50.6 Å². The molecule has 40 heavy (non-hydrogen) atoms. The van der Waals surface area contributed by atoms with E-state index in [1.807, 2.05) is 20.0 Å². The number of aliphatic hydroxyl groups excluding tert-OH is 1. The number of aromatic amines is 1. The Labute approximate surface area is 237 Å². The van der Waals surface area contributed by atoms with Crippen molar-refractivity contribution in [1.82, 2.24) is 19.9 Å². The number of nitriles is 1. The third-order valence-electron chi connectivity index (χ3n) is 7.97. The molecule has 5 rings (SSSR count). The summed E-state index contributed by atoms with van der Waals surface area (Å²) in [6.45, 7) is 6.77. The van der Waals surface area contributed by atoms with E-state index < -0.39 is 17.5 Å². The van der Waals surface area contributed by atoms with Gasteiger partial charge in [-0.15, -0.1) is 0 Å². The predicted octanol–water partition coefficient (Wildman–Crippen LogP) is 2.10. The van der Waals surface area contributed by atoms with Gasteiger partial charge in [-0.05, 0) is 38.8 Å². The molecule has 2 unspecified atom stereocenters. The highest BCUT2D eigenvalue weighted by Crippen LogP contribution is 2.41. The average Bonchev–Trinajstić information content (AvgIpc) is 3.31. The van der Waals surface area contributed by atoms with E-state index in [0.29, 0.717) is 34.6 Å². The first-order chi connectivity index (χ1) is 19.2. The van der Waals surface area contributed by atoms with E-state index in [4.69, 9.17) is 32.4 Å². The summed E-state index contributed by atoms with van der Waals surface area (Å²) in [5.74, 6) is 5.44. The lowest BCUT2D eigenvalue weighted by atomic mass is 9.84. The fourth-order valence-electron chi connectivity index (χ4n) is 5.85. The van der Waals surface area contributed by atoms with Crippen molar-refractivity contribution in [2.75, 3.05) is 32.8 Å². The molecule has 1 aliphatic carbocycles. The van der Waals surface area contributed by atoms with Crippen LogP contribution in [0.3, 0.4) is 0 Å². The van der Waals surface area contributed by atoms with E-state index in [0.717, 1.165) is 56.5 Å². The molecular formula is C27H34ClFN9O2+. The highest BCUT2D eigenvalue weighted by Gasteiger charge is 2.47. The zero-order valence-corrected chi connectivity index (χ0v) is 23.4. The molecule has 4 heterocycles. The fraction of sp³-hybridized carbons (Fsp3) is 0.519. The minimum Gasteiger partial charge on any atom is -0.393 e. The Morgan fingerprint density at radius 1 is 1.40 bits per heavy atom. The fourth-order valence-corrected chi connectivity index (χ4v) is 6.19. The summed E-state index contributed by atoms with van der Waals surface area (Å²) in [5.41, 5.74) is 2.14. The molecule has 212 valence electrons. The van der Waals surface area contributed by atoms with E-state index in [-0.39, 0.29) is 12.6 Å². The normalized spacial score (nSPS) is 26.5. The lowest BCUT2D eigenvalue weighted by molar-refractivity contribution is -0.648. The number of nitrogens with zero attached hydrogens (tertiary/aromatic N) is 7. The Bertz CT molecular complexity index is 1350. The summed E-state index contributed by atoms with van der Waals surface area (Å²) < 4.78 is 21.7. The van der Waals surface area contributed by atoms with Crippen LogP contribution in [-0.4, -0.2) is 81.3 Å². The molecule has 0 spiro atoms. The van der Waals surface area contributed by atoms with E-state index in [2.05, 4.69) is 26.3 Å². The Kier molecular flexibility index (Phi) is 8.19. The van der Waals surface area contributed by atoms with Crippen LogP contribution < -0.4 is 10.5 Å². The van der Waals surface area contributed by atoms with E-state index >= 15 is 0 Å². The Balaban J connectivity index is 1.32. The third kappa shape index (κ3) is 5.60. The lowest BCUT2D eigenvalue weighted by Gasteiger charge is -2.44. The van der Waals surface area contributed by atoms with Crippen molar-refractivity contribution in [2.24, 2.45) is 15.9 Å². The first kappa shape index (κ1) is 28.2. The van der Waals surface area contributed by atoms with Crippen molar-refractivity contribution < 1.29 is 18.9 Å². The van der Waals surface area contributed by atoms with Gasteiger partial charge in [-0.1, -0.05) is 16.3 Å². The van der Waals surface area contributed by atoms with Crippen LogP contribution in [0.2, 0.25) is 5.02 Å². The maximum Gasteiger partial charge on any atom is 0.263 e. The van der Waals surface area contributed by atoms with Crippen molar-refractivity contribution >= 4 is 29.2 Å². The van der Waals surface area contributed by atoms with Gasteiger partial charge in [-0.25, -0.2) is 4.39 Å². The molecule has 2 aliphatic heterocycles. The molecule has 3 aliphatic rings. The number of aromatic nitrogens is 3. The first-order valence-corrected chi connectivity index (χ1v) is 13.7. The monoisotopic (exact) mass is 570 g/mol. The molecule has 0 amide bonds. The van der Waals surface area contributed by atoms with Crippen molar-refractivity contribution in [2.45, 2.75) is 56.9 Å². The quantitative estimate of drug-likeness (QED) is 0.145. The number of fused-ring (bicyclic) bond motifs is 1. The van der Waals surface area contributed by atoms with Gasteiger partial charge in [0.2, 0.25) is 6.20 Å². The molecule has 1 saturated carbocycles. The Morgan fingerprint density at radius 2 is 2.15 bits per heavy atom. The molecule has 2 atom stereocenters. The zero-order chi connectivity index (χ0) is 28.4. The van der Waals surface area contributed by atoms with Crippen molar-refractivity contribution in [3.63, 3.8) is 0 Å². The van der Waals surface area contributed by atoms with Gasteiger partial charge in [0.15, 0.2) is 11.8 Å². The number of nitrogens with two attached hydrogens (primary N) is 1. The summed E-state index contributed by atoms with van der Waals surface area (Å²) in [6, 6.07) is 3.42. The first-order valence-electron chi connectivity index (χ1n) is 13.4. The smallest absolute Gasteiger partial charge is 0.263 e. The number of aliphatic imine (C=N–C) groups is 1. The molecule has 2 aromatic heterocycles. The average molecular weight is 571 g/mol. The van der Waals surface area contributed by atoms with Gasteiger partial charge in [0.1, 0.15) is 22.7 Å². The van der Waals surface area contributed by atoms with E-state index in [1.165, 1.54) is 12.1 Å². The second-order valence-corrected chi connectivity index (χ2v) is 11.1. The number of hydrogen-bond acceptors (Lipinski definition) is 9. The number of piperazine rings is 1. The number of H-pyrrole nitrogens is 1. The minimum atomic E-state index is -1.01. The number of pyridine rings is 1. The standard InChI is InChI=1S/C27H33ClFN9O2/c1-17(34-20-9-21(10-20)37-7-5-36(16-30)6-8-37)25(35-31)18-11-27(2,26-22(28)13-33-38(26)14-18)40-24(15-39)23-4-3-19(29)12-32-23/h3-4,12-14,20-21,24,39H,5-11,15H2,1-2H3,(H2,31,34)/p+1. The number of ether oxygens (including phenoxy) is 1. The molecule has 2 fully saturated rings. The zero-order valence-electron chi connectivity index (χ0n) is 22.6. The van der Waals surface area contributed by atoms with Gasteiger partial charge >= 0.3 is 0 Å². The molecule has 2 aromatic rings. The Hall–Kier alpha value is -3.37. The number of aliphatic hydroxyl groups is 1. The number of hydrazone groups is 1. The molecule has 0 bridgehead atoms. The van der Waals surface area contributed by atoms with Gasteiger partial charge in [0, 0.05) is 38.6 Å². The molecule has 1 saturated heterocycles. The van der Waals surface area contributed by atoms with Gasteiger partial charge in [-0.2, -0.15) is 15.5 Å². The Morgan fingerprint density at radius 3 is 2.77 bits per heavy atom. The number of rotatable bonds is 8. The molecule has 13 heteroatoms. The van der Waals surface area contributed by atoms with Crippen LogP contribution in [0, 0.1) is 17.3 Å². The van der Waals surface area contributed by atoms with Gasteiger partial charge < -0.3 is 20.6 Å². The van der Waals surface area contributed by atoms with Crippen LogP contribution in [0.15, 0.2) is 40.2 Å². The van der Waals surface area contributed by atoms with Crippen LogP contribution in [0.25, 0.3) is 6.20 Å². The van der Waals surface area contributed by atoms with Crippen LogP contribution in [0.4, 0.5) is 4.39 Å². The SMILES string of the molecule is CC(=NC1CC(N2CCN(C#N)CC2)C1)/C(=N\N)C1=C[n+]2[nH]cc(Cl)c2C(C)(OC(CO)c2ccc(F)cn2)C1. The van der Waals surface area contributed by atoms with E-state index in [9.17, 15) is 9.50 Å². The van der Waals surface area contributed by atoms with Crippen LogP contribution in [-0.2, 0) is 10.3 Å². The van der Waals surface area contributed by atoms with E-state index in [1.54, 1.807) is 15.8 Å². The summed E-state index contributed by atoms with van der Waals surface area (Å²) in [6.07, 6.45) is 8.29. The molecule has 4 N–H and O–H groups in total. The van der Waals surface area contributed by atoms with Crippen molar-refractivity contribution in [3.8, 4) is 6.19 Å². The lowest BCUT2D eigenvalue weighted by Crippen LogP contribution is -2.54. The molecule has 0 radical (unpaired) electrons. The summed E-state index contributed by atoms with van der Waals surface area (Å²) >= 11 is 6.56. The van der Waals surface area contributed by atoms with Gasteiger partial charge in [0.05, 0.1) is 42.0 Å². The second kappa shape index (κ2) is 11.6. The van der Waals surface area contributed by atoms with Gasteiger partial charge in [0.25, 0.3) is 5.69 Å². The highest BCUT2D eigenvalue weighted by molar-refractivity contribution is 6.48. The maximum absolute atomic E-state index is 13.5. The van der Waals surface area contributed by atoms with Gasteiger partial charge in [-0.3, -0.25) is 14.9 Å². The van der Waals surface area contributed by atoms with Crippen molar-refractivity contribution in [3.05, 3.63) is 52.3 Å². The number of halogens is 2. The second-order valence-electron chi connectivity index (χ2n) is 10.7. The summed E-state index contributed by atoms with van der Waals surface area (Å²) in [4.78, 5) is 13.3. The largest absolute Gasteiger partial charge is 0.393 e. The highest BCUT2D eigenvalue weighted by atomic mass is 35.5. The van der Waals surface area contributed by atoms with Crippen LogP contribution >= 0.6 is 11.6 Å². The molecule has 0 aromatic carbocycles. The topological polar surface area (TPSA) is 143 Å². The number of nitrogens with one attached hydrogen (secondary N) is 1. The molecule has 11 nitrogen and oxygen atoms in total. The molecular weight excluding hydrogens is 537 g/mol. The van der Waals surface area contributed by atoms with Crippen molar-refractivity contribution in [1.29, 1.82) is 5.26 Å². The van der Waals surface area contributed by atoms with Crippen LogP contribution in [0.5, 0.6) is 0 Å². The predicted molar refractivity (Wildman–Crippen MR) is 148 cm³/mol. The maximum atomic E-state index is 13.5. The summed E-state index contributed by atoms with van der Waals surface area (Å²) in [5, 5.41) is 26.9.